The highest BCUT2D eigenvalue weighted by atomic mass is 35.5. The largest absolute Gasteiger partial charge is 0.462 e. The maximum atomic E-state index is 11.8. The Morgan fingerprint density at radius 2 is 2.12 bits per heavy atom. The first-order valence-electron chi connectivity index (χ1n) is 6.90. The topological polar surface area (TPSA) is 89.0 Å². The molecule has 0 saturated carbocycles. The van der Waals surface area contributed by atoms with Crippen LogP contribution in [0.1, 0.15) is 28.4 Å². The number of rotatable bonds is 5. The second kappa shape index (κ2) is 8.25. The van der Waals surface area contributed by atoms with E-state index in [0.717, 1.165) is 5.56 Å². The molecule has 1 aromatic heterocycles. The van der Waals surface area contributed by atoms with Gasteiger partial charge in [-0.3, -0.25) is 0 Å². The number of halogens is 2. The third kappa shape index (κ3) is 4.32. The number of carbonyl (C=O) groups is 1. The second-order valence-electron chi connectivity index (χ2n) is 4.64. The van der Waals surface area contributed by atoms with Crippen LogP contribution >= 0.6 is 35.0 Å². The number of benzene rings is 1. The molecule has 8 heteroatoms. The van der Waals surface area contributed by atoms with Crippen molar-refractivity contribution in [1.82, 2.24) is 4.98 Å². The summed E-state index contributed by atoms with van der Waals surface area (Å²) >= 11 is 13.2. The van der Waals surface area contributed by atoms with E-state index in [1.807, 2.05) is 12.1 Å². The molecular weight excluding hydrogens is 369 g/mol. The molecule has 0 amide bonds. The van der Waals surface area contributed by atoms with Crippen LogP contribution < -0.4 is 5.73 Å². The number of nitriles is 1. The van der Waals surface area contributed by atoms with Crippen LogP contribution in [0.4, 0.5) is 5.82 Å². The van der Waals surface area contributed by atoms with Crippen LogP contribution in [-0.2, 0) is 10.5 Å². The maximum absolute atomic E-state index is 11.8. The summed E-state index contributed by atoms with van der Waals surface area (Å²) in [6.45, 7) is 1.90. The molecule has 24 heavy (non-hydrogen) atoms. The SMILES string of the molecule is CCOC(=O)c1cc(C#N)c(SCc2ccc(Cl)c(Cl)c2)nc1N. The molecule has 124 valence electrons. The average Bonchev–Trinajstić information content (AvgIpc) is 2.56. The summed E-state index contributed by atoms with van der Waals surface area (Å²) in [5.74, 6) is -0.0411. The van der Waals surface area contributed by atoms with Crippen molar-refractivity contribution in [3.05, 3.63) is 51.0 Å². The van der Waals surface area contributed by atoms with E-state index < -0.39 is 5.97 Å². The fourth-order valence-electron chi connectivity index (χ4n) is 1.85. The molecule has 0 atom stereocenters. The standard InChI is InChI=1S/C16H13Cl2N3O2S/c1-2-23-16(22)11-6-10(7-19)15(21-14(11)20)24-8-9-3-4-12(17)13(18)5-9/h3-6H,2,8H2,1H3,(H2,20,21). The normalized spacial score (nSPS) is 10.2. The smallest absolute Gasteiger partial charge is 0.341 e. The number of anilines is 1. The second-order valence-corrected chi connectivity index (χ2v) is 6.42. The maximum Gasteiger partial charge on any atom is 0.341 e. The molecule has 0 aliphatic carbocycles. The van der Waals surface area contributed by atoms with Crippen molar-refractivity contribution < 1.29 is 9.53 Å². The lowest BCUT2D eigenvalue weighted by molar-refractivity contribution is 0.0527. The van der Waals surface area contributed by atoms with Crippen LogP contribution in [0.5, 0.6) is 0 Å². The predicted molar refractivity (Wildman–Crippen MR) is 95.3 cm³/mol. The van der Waals surface area contributed by atoms with Gasteiger partial charge in [-0.25, -0.2) is 9.78 Å². The van der Waals surface area contributed by atoms with Gasteiger partial charge in [-0.2, -0.15) is 5.26 Å². The van der Waals surface area contributed by atoms with Gasteiger partial charge in [0.05, 0.1) is 22.2 Å². The zero-order chi connectivity index (χ0) is 17.7. The van der Waals surface area contributed by atoms with Gasteiger partial charge in [0.15, 0.2) is 0 Å². The van der Waals surface area contributed by atoms with Gasteiger partial charge in [-0.15, -0.1) is 11.8 Å². The number of thioether (sulfide) groups is 1. The monoisotopic (exact) mass is 381 g/mol. The van der Waals surface area contributed by atoms with Gasteiger partial charge < -0.3 is 10.5 Å². The number of aromatic nitrogens is 1. The van der Waals surface area contributed by atoms with Crippen molar-refractivity contribution >= 4 is 46.8 Å². The molecule has 0 aliphatic heterocycles. The number of nitrogen functional groups attached to an aromatic ring is 1. The highest BCUT2D eigenvalue weighted by molar-refractivity contribution is 7.98. The highest BCUT2D eigenvalue weighted by Gasteiger charge is 2.17. The molecule has 1 heterocycles. The zero-order valence-electron chi connectivity index (χ0n) is 12.7. The third-order valence-corrected chi connectivity index (χ3v) is 4.79. The molecule has 0 radical (unpaired) electrons. The minimum absolute atomic E-state index is 0.0316. The summed E-state index contributed by atoms with van der Waals surface area (Å²) in [5, 5.41) is 10.7. The highest BCUT2D eigenvalue weighted by Crippen LogP contribution is 2.30. The van der Waals surface area contributed by atoms with Crippen molar-refractivity contribution in [2.75, 3.05) is 12.3 Å². The summed E-state index contributed by atoms with van der Waals surface area (Å²) in [6, 6.07) is 8.71. The number of pyridine rings is 1. The van der Waals surface area contributed by atoms with Crippen molar-refractivity contribution in [3.63, 3.8) is 0 Å². The summed E-state index contributed by atoms with van der Waals surface area (Å²) in [7, 11) is 0. The van der Waals surface area contributed by atoms with Gasteiger partial charge in [-0.1, -0.05) is 29.3 Å². The summed E-state index contributed by atoms with van der Waals surface area (Å²) in [6.07, 6.45) is 0. The molecule has 1 aromatic carbocycles. The first kappa shape index (κ1) is 18.4. The van der Waals surface area contributed by atoms with Crippen molar-refractivity contribution in [2.45, 2.75) is 17.7 Å². The van der Waals surface area contributed by atoms with Crippen LogP contribution in [0.3, 0.4) is 0 Å². The molecule has 0 fully saturated rings. The molecule has 0 aliphatic rings. The minimum Gasteiger partial charge on any atom is -0.462 e. The Hall–Kier alpha value is -1.94. The van der Waals surface area contributed by atoms with Crippen molar-refractivity contribution in [3.8, 4) is 6.07 Å². The van der Waals surface area contributed by atoms with E-state index >= 15 is 0 Å². The minimum atomic E-state index is -0.597. The van der Waals surface area contributed by atoms with Crippen LogP contribution in [-0.4, -0.2) is 17.6 Å². The Balaban J connectivity index is 2.24. The van der Waals surface area contributed by atoms with Gasteiger partial charge in [0, 0.05) is 5.75 Å². The molecule has 5 nitrogen and oxygen atoms in total. The lowest BCUT2D eigenvalue weighted by atomic mass is 10.2. The first-order chi connectivity index (χ1) is 11.5. The number of ether oxygens (including phenoxy) is 1. The number of nitrogens with zero attached hydrogens (tertiary/aromatic N) is 2. The first-order valence-corrected chi connectivity index (χ1v) is 8.64. The summed E-state index contributed by atoms with van der Waals surface area (Å²) in [4.78, 5) is 16.0. The zero-order valence-corrected chi connectivity index (χ0v) is 15.0. The molecule has 2 rings (SSSR count). The quantitative estimate of drug-likeness (QED) is 0.612. The van der Waals surface area contributed by atoms with E-state index in [9.17, 15) is 10.1 Å². The molecule has 0 spiro atoms. The van der Waals surface area contributed by atoms with Crippen molar-refractivity contribution in [1.29, 1.82) is 5.26 Å². The predicted octanol–water partition coefficient (Wildman–Crippen LogP) is 4.31. The Morgan fingerprint density at radius 1 is 1.38 bits per heavy atom. The Bertz CT molecular complexity index is 822. The van der Waals surface area contributed by atoms with Gasteiger partial charge in [-0.05, 0) is 30.7 Å². The fraction of sp³-hybridized carbons (Fsp3) is 0.188. The number of hydrogen-bond donors (Lipinski definition) is 1. The van der Waals surface area contributed by atoms with Crippen molar-refractivity contribution in [2.24, 2.45) is 0 Å². The number of nitrogens with two attached hydrogens (primary N) is 1. The summed E-state index contributed by atoms with van der Waals surface area (Å²) in [5.41, 5.74) is 7.09. The number of hydrogen-bond acceptors (Lipinski definition) is 6. The molecular formula is C16H13Cl2N3O2S. The number of esters is 1. The van der Waals surface area contributed by atoms with E-state index in [1.54, 1.807) is 19.1 Å². The Labute approximate surface area is 153 Å². The van der Waals surface area contributed by atoms with E-state index in [4.69, 9.17) is 33.7 Å². The molecule has 2 aromatic rings. The van der Waals surface area contributed by atoms with E-state index in [0.29, 0.717) is 20.8 Å². The van der Waals surface area contributed by atoms with E-state index in [1.165, 1.54) is 17.8 Å². The Kier molecular flexibility index (Phi) is 6.32. The van der Waals surface area contributed by atoms with Crippen LogP contribution in [0.25, 0.3) is 0 Å². The van der Waals surface area contributed by atoms with Crippen LogP contribution in [0.15, 0.2) is 29.3 Å². The average molecular weight is 382 g/mol. The van der Waals surface area contributed by atoms with E-state index in [-0.39, 0.29) is 23.6 Å². The summed E-state index contributed by atoms with van der Waals surface area (Å²) < 4.78 is 4.90. The van der Waals surface area contributed by atoms with Gasteiger partial charge in [0.25, 0.3) is 0 Å². The van der Waals surface area contributed by atoms with Crippen LogP contribution in [0.2, 0.25) is 10.0 Å². The van der Waals surface area contributed by atoms with Gasteiger partial charge in [0.1, 0.15) is 22.5 Å². The van der Waals surface area contributed by atoms with Crippen LogP contribution in [0, 0.1) is 11.3 Å². The number of carbonyl (C=O) groups excluding carboxylic acids is 1. The lowest BCUT2D eigenvalue weighted by Gasteiger charge is -2.09. The molecule has 0 bridgehead atoms. The molecule has 0 unspecified atom stereocenters. The Morgan fingerprint density at radius 3 is 2.75 bits per heavy atom. The van der Waals surface area contributed by atoms with Gasteiger partial charge >= 0.3 is 5.97 Å². The van der Waals surface area contributed by atoms with Gasteiger partial charge in [0.2, 0.25) is 0 Å². The third-order valence-electron chi connectivity index (χ3n) is 2.99. The molecule has 0 saturated heterocycles. The van der Waals surface area contributed by atoms with E-state index in [2.05, 4.69) is 4.98 Å². The lowest BCUT2D eigenvalue weighted by Crippen LogP contribution is -2.10. The fourth-order valence-corrected chi connectivity index (χ4v) is 3.08. The molecule has 2 N–H and O–H groups in total.